The van der Waals surface area contributed by atoms with Gasteiger partial charge in [-0.15, -0.1) is 0 Å². The Kier molecular flexibility index (Phi) is 2.76. The molecule has 1 heteroatoms. The van der Waals surface area contributed by atoms with Crippen molar-refractivity contribution in [1.82, 2.24) is 0 Å². The van der Waals surface area contributed by atoms with Gasteiger partial charge in [0.15, 0.2) is 0 Å². The van der Waals surface area contributed by atoms with Crippen LogP contribution in [0.1, 0.15) is 37.8 Å². The molecule has 0 amide bonds. The molecule has 1 heterocycles. The smallest absolute Gasteiger partial charge is 0.0374 e. The number of hydrogen-bond donors (Lipinski definition) is 1. The van der Waals surface area contributed by atoms with E-state index in [1.54, 1.807) is 0 Å². The molecule has 1 aromatic rings. The average Bonchev–Trinajstić information content (AvgIpc) is 2.19. The maximum absolute atomic E-state index is 3.53. The Morgan fingerprint density at radius 3 is 3.07 bits per heavy atom. The highest BCUT2D eigenvalue weighted by Crippen LogP contribution is 2.25. The molecule has 14 heavy (non-hydrogen) atoms. The van der Waals surface area contributed by atoms with Gasteiger partial charge < -0.3 is 5.32 Å². The fourth-order valence-corrected chi connectivity index (χ4v) is 2.15. The van der Waals surface area contributed by atoms with E-state index in [0.29, 0.717) is 6.04 Å². The van der Waals surface area contributed by atoms with Gasteiger partial charge in [0.05, 0.1) is 0 Å². The van der Waals surface area contributed by atoms with Crippen LogP contribution in [0.5, 0.6) is 0 Å². The minimum absolute atomic E-state index is 0.638. The summed E-state index contributed by atoms with van der Waals surface area (Å²) in [7, 11) is 0. The SMILES string of the molecule is CCCc1ccc2c(c1)CCC(C)N2. The van der Waals surface area contributed by atoms with Crippen LogP contribution >= 0.6 is 0 Å². The van der Waals surface area contributed by atoms with Crippen molar-refractivity contribution in [1.29, 1.82) is 0 Å². The Balaban J connectivity index is 2.22. The lowest BCUT2D eigenvalue weighted by molar-refractivity contribution is 0.680. The van der Waals surface area contributed by atoms with Gasteiger partial charge in [0.1, 0.15) is 0 Å². The van der Waals surface area contributed by atoms with E-state index in [9.17, 15) is 0 Å². The first-order valence-corrected chi connectivity index (χ1v) is 5.68. The normalized spacial score (nSPS) is 20.0. The summed E-state index contributed by atoms with van der Waals surface area (Å²) in [6.07, 6.45) is 4.95. The molecule has 1 atom stereocenters. The summed E-state index contributed by atoms with van der Waals surface area (Å²) in [6, 6.07) is 7.51. The van der Waals surface area contributed by atoms with Crippen molar-refractivity contribution < 1.29 is 0 Å². The highest BCUT2D eigenvalue weighted by Gasteiger charge is 2.13. The number of benzene rings is 1. The third-order valence-electron chi connectivity index (χ3n) is 2.96. The Labute approximate surface area is 86.5 Å². The van der Waals surface area contributed by atoms with Crippen LogP contribution in [0.25, 0.3) is 0 Å². The maximum atomic E-state index is 3.53. The van der Waals surface area contributed by atoms with Crippen molar-refractivity contribution in [2.45, 2.75) is 45.6 Å². The Morgan fingerprint density at radius 1 is 1.43 bits per heavy atom. The summed E-state index contributed by atoms with van der Waals surface area (Å²) in [4.78, 5) is 0. The van der Waals surface area contributed by atoms with Gasteiger partial charge in [-0.25, -0.2) is 0 Å². The van der Waals surface area contributed by atoms with Crippen molar-refractivity contribution in [2.24, 2.45) is 0 Å². The van der Waals surface area contributed by atoms with E-state index in [-0.39, 0.29) is 0 Å². The molecule has 0 radical (unpaired) electrons. The van der Waals surface area contributed by atoms with Crippen LogP contribution in [0.2, 0.25) is 0 Å². The largest absolute Gasteiger partial charge is 0.382 e. The molecule has 1 nitrogen and oxygen atoms in total. The number of aryl methyl sites for hydroxylation is 2. The zero-order chi connectivity index (χ0) is 9.97. The van der Waals surface area contributed by atoms with E-state index < -0.39 is 0 Å². The second-order valence-corrected chi connectivity index (χ2v) is 4.33. The highest BCUT2D eigenvalue weighted by atomic mass is 14.9. The highest BCUT2D eigenvalue weighted by molar-refractivity contribution is 5.55. The molecule has 1 N–H and O–H groups in total. The third kappa shape index (κ3) is 1.92. The summed E-state index contributed by atoms with van der Waals surface area (Å²) >= 11 is 0. The topological polar surface area (TPSA) is 12.0 Å². The zero-order valence-corrected chi connectivity index (χ0v) is 9.14. The number of hydrogen-bond acceptors (Lipinski definition) is 1. The lowest BCUT2D eigenvalue weighted by Gasteiger charge is -2.24. The molecule has 1 aromatic carbocycles. The van der Waals surface area contributed by atoms with Crippen molar-refractivity contribution in [3.63, 3.8) is 0 Å². The number of nitrogens with one attached hydrogen (secondary N) is 1. The predicted molar refractivity (Wildman–Crippen MR) is 61.8 cm³/mol. The molecule has 0 spiro atoms. The van der Waals surface area contributed by atoms with Gasteiger partial charge in [0, 0.05) is 11.7 Å². The van der Waals surface area contributed by atoms with Gasteiger partial charge in [-0.2, -0.15) is 0 Å². The van der Waals surface area contributed by atoms with Crippen LogP contribution in [0.4, 0.5) is 5.69 Å². The van der Waals surface area contributed by atoms with E-state index in [0.717, 1.165) is 0 Å². The van der Waals surface area contributed by atoms with Gasteiger partial charge in [-0.1, -0.05) is 25.5 Å². The predicted octanol–water partition coefficient (Wildman–Crippen LogP) is 3.39. The summed E-state index contributed by atoms with van der Waals surface area (Å²) in [5.74, 6) is 0. The summed E-state index contributed by atoms with van der Waals surface area (Å²) in [5.41, 5.74) is 4.35. The summed E-state index contributed by atoms with van der Waals surface area (Å²) < 4.78 is 0. The monoisotopic (exact) mass is 189 g/mol. The van der Waals surface area contributed by atoms with Crippen LogP contribution in [0.3, 0.4) is 0 Å². The first-order valence-electron chi connectivity index (χ1n) is 5.68. The molecule has 76 valence electrons. The molecule has 1 aliphatic rings. The zero-order valence-electron chi connectivity index (χ0n) is 9.14. The third-order valence-corrected chi connectivity index (χ3v) is 2.96. The molecule has 2 rings (SSSR count). The maximum Gasteiger partial charge on any atom is 0.0374 e. The fraction of sp³-hybridized carbons (Fsp3) is 0.538. The van der Waals surface area contributed by atoms with Crippen LogP contribution in [0, 0.1) is 0 Å². The molecule has 0 aromatic heterocycles. The Bertz CT molecular complexity index is 317. The minimum Gasteiger partial charge on any atom is -0.382 e. The van der Waals surface area contributed by atoms with E-state index in [1.807, 2.05) is 0 Å². The quantitative estimate of drug-likeness (QED) is 0.752. The van der Waals surface area contributed by atoms with E-state index in [2.05, 4.69) is 37.4 Å². The van der Waals surface area contributed by atoms with Crippen molar-refractivity contribution in [3.8, 4) is 0 Å². The van der Waals surface area contributed by atoms with E-state index >= 15 is 0 Å². The number of fused-ring (bicyclic) bond motifs is 1. The summed E-state index contributed by atoms with van der Waals surface area (Å²) in [6.45, 7) is 4.49. The van der Waals surface area contributed by atoms with Gasteiger partial charge in [-0.05, 0) is 43.4 Å². The average molecular weight is 189 g/mol. The first-order chi connectivity index (χ1) is 6.79. The Morgan fingerprint density at radius 2 is 2.29 bits per heavy atom. The standard InChI is InChI=1S/C13H19N/c1-3-4-11-6-8-13-12(9-11)7-5-10(2)14-13/h6,8-10,14H,3-5,7H2,1-2H3. The molecule has 0 aliphatic carbocycles. The van der Waals surface area contributed by atoms with Crippen LogP contribution in [-0.2, 0) is 12.8 Å². The van der Waals surface area contributed by atoms with Crippen LogP contribution in [0.15, 0.2) is 18.2 Å². The Hall–Kier alpha value is -0.980. The molecule has 0 fully saturated rings. The lowest BCUT2D eigenvalue weighted by atomic mass is 9.96. The number of anilines is 1. The van der Waals surface area contributed by atoms with E-state index in [1.165, 1.54) is 42.5 Å². The second-order valence-electron chi connectivity index (χ2n) is 4.33. The molecule has 1 aliphatic heterocycles. The van der Waals surface area contributed by atoms with Gasteiger partial charge in [0.25, 0.3) is 0 Å². The van der Waals surface area contributed by atoms with Crippen molar-refractivity contribution >= 4 is 5.69 Å². The van der Waals surface area contributed by atoms with Crippen molar-refractivity contribution in [3.05, 3.63) is 29.3 Å². The molecule has 0 saturated carbocycles. The first kappa shape index (κ1) is 9.57. The summed E-state index contributed by atoms with van der Waals surface area (Å²) in [5, 5.41) is 3.53. The number of rotatable bonds is 2. The molecule has 1 unspecified atom stereocenters. The van der Waals surface area contributed by atoms with E-state index in [4.69, 9.17) is 0 Å². The van der Waals surface area contributed by atoms with Gasteiger partial charge in [0.2, 0.25) is 0 Å². The van der Waals surface area contributed by atoms with Crippen LogP contribution in [-0.4, -0.2) is 6.04 Å². The second kappa shape index (κ2) is 4.04. The van der Waals surface area contributed by atoms with Crippen LogP contribution < -0.4 is 5.32 Å². The molecule has 0 bridgehead atoms. The van der Waals surface area contributed by atoms with Crippen molar-refractivity contribution in [2.75, 3.05) is 5.32 Å². The fourth-order valence-electron chi connectivity index (χ4n) is 2.15. The lowest BCUT2D eigenvalue weighted by Crippen LogP contribution is -2.21. The molecular weight excluding hydrogens is 170 g/mol. The minimum atomic E-state index is 0.638. The molecule has 0 saturated heterocycles. The molecular formula is C13H19N. The van der Waals surface area contributed by atoms with Gasteiger partial charge in [-0.3, -0.25) is 0 Å². The van der Waals surface area contributed by atoms with Gasteiger partial charge >= 0.3 is 0 Å².